The highest BCUT2D eigenvalue weighted by molar-refractivity contribution is 6.08. The predicted octanol–water partition coefficient (Wildman–Crippen LogP) is -0.415. The highest BCUT2D eigenvalue weighted by Gasteiger charge is 2.37. The Morgan fingerprint density at radius 2 is 2.05 bits per heavy atom. The van der Waals surface area contributed by atoms with Gasteiger partial charge in [0.1, 0.15) is 6.04 Å². The molecule has 1 aromatic rings. The summed E-state index contributed by atoms with van der Waals surface area (Å²) in [6.07, 6.45) is -0.110. The summed E-state index contributed by atoms with van der Waals surface area (Å²) in [6, 6.07) is 2.98. The monoisotopic (exact) mass is 264 g/mol. The zero-order chi connectivity index (χ0) is 14.2. The van der Waals surface area contributed by atoms with Crippen LogP contribution in [0, 0.1) is 0 Å². The summed E-state index contributed by atoms with van der Waals surface area (Å²) < 4.78 is 0. The van der Waals surface area contributed by atoms with Crippen molar-refractivity contribution in [3.8, 4) is 11.5 Å². The second-order valence-corrected chi connectivity index (χ2v) is 4.19. The molecule has 7 heteroatoms. The number of phenols is 2. The molecule has 2 rings (SSSR count). The first-order valence-electron chi connectivity index (χ1n) is 5.54. The number of para-hydroxylation sites is 1. The summed E-state index contributed by atoms with van der Waals surface area (Å²) in [6.45, 7) is 0. The number of likely N-dealkylation sites (N-methyl/N-ethyl adjacent to an activating group) is 1. The molecule has 1 aromatic carbocycles. The number of phenolic OH excluding ortho intramolecular Hbond substituents is 2. The molecule has 1 heterocycles. The lowest BCUT2D eigenvalue weighted by Crippen LogP contribution is -2.40. The van der Waals surface area contributed by atoms with Gasteiger partial charge in [0.25, 0.3) is 11.8 Å². The normalized spacial score (nSPS) is 18.8. The molecule has 1 aliphatic rings. The number of carbonyl (C=O) groups is 3. The zero-order valence-corrected chi connectivity index (χ0v) is 10.1. The molecule has 1 saturated heterocycles. The predicted molar refractivity (Wildman–Crippen MR) is 63.4 cm³/mol. The molecule has 19 heavy (non-hydrogen) atoms. The number of aromatic hydroxyl groups is 2. The average Bonchev–Trinajstić information content (AvgIpc) is 2.60. The van der Waals surface area contributed by atoms with Crippen LogP contribution in [0.5, 0.6) is 11.5 Å². The van der Waals surface area contributed by atoms with Crippen LogP contribution in [-0.4, -0.2) is 45.9 Å². The number of nitrogens with one attached hydrogen (secondary N) is 1. The molecule has 0 radical (unpaired) electrons. The van der Waals surface area contributed by atoms with Crippen molar-refractivity contribution in [2.75, 3.05) is 7.05 Å². The van der Waals surface area contributed by atoms with E-state index in [-0.39, 0.29) is 17.9 Å². The van der Waals surface area contributed by atoms with Crippen molar-refractivity contribution >= 4 is 17.7 Å². The number of likely N-dealkylation sites (tertiary alicyclic amines) is 1. The van der Waals surface area contributed by atoms with E-state index in [2.05, 4.69) is 5.32 Å². The molecule has 0 aromatic heterocycles. The van der Waals surface area contributed by atoms with Gasteiger partial charge in [0.15, 0.2) is 11.5 Å². The molecule has 0 aliphatic carbocycles. The lowest BCUT2D eigenvalue weighted by molar-refractivity contribution is -0.137. The van der Waals surface area contributed by atoms with E-state index in [4.69, 9.17) is 0 Å². The van der Waals surface area contributed by atoms with Gasteiger partial charge in [-0.2, -0.15) is 0 Å². The van der Waals surface area contributed by atoms with Gasteiger partial charge in [0.2, 0.25) is 5.91 Å². The van der Waals surface area contributed by atoms with Crippen molar-refractivity contribution in [3.05, 3.63) is 23.8 Å². The molecule has 100 valence electrons. The smallest absolute Gasteiger partial charge is 0.255 e. The first kappa shape index (κ1) is 12.9. The second kappa shape index (κ2) is 4.60. The minimum Gasteiger partial charge on any atom is -0.504 e. The van der Waals surface area contributed by atoms with E-state index in [0.29, 0.717) is 0 Å². The number of carbonyl (C=O) groups excluding carboxylic acids is 3. The molecule has 0 saturated carbocycles. The maximum Gasteiger partial charge on any atom is 0.255 e. The third kappa shape index (κ3) is 2.22. The van der Waals surface area contributed by atoms with Crippen molar-refractivity contribution in [2.24, 2.45) is 0 Å². The number of benzene rings is 1. The Morgan fingerprint density at radius 3 is 2.63 bits per heavy atom. The molecule has 0 spiro atoms. The van der Waals surface area contributed by atoms with Gasteiger partial charge in [0, 0.05) is 7.05 Å². The van der Waals surface area contributed by atoms with Crippen LogP contribution in [0.2, 0.25) is 0 Å². The highest BCUT2D eigenvalue weighted by Crippen LogP contribution is 2.28. The lowest BCUT2D eigenvalue weighted by atomic mass is 10.1. The third-order valence-corrected chi connectivity index (χ3v) is 2.95. The zero-order valence-electron chi connectivity index (χ0n) is 10.1. The Balaban J connectivity index is 2.16. The Hall–Kier alpha value is -2.57. The van der Waals surface area contributed by atoms with Gasteiger partial charge in [-0.15, -0.1) is 0 Å². The summed E-state index contributed by atoms with van der Waals surface area (Å²) in [5.41, 5.74) is -0.158. The summed E-state index contributed by atoms with van der Waals surface area (Å²) in [5.74, 6) is -2.60. The second-order valence-electron chi connectivity index (χ2n) is 4.19. The van der Waals surface area contributed by atoms with E-state index in [1.807, 2.05) is 0 Å². The number of amides is 3. The van der Waals surface area contributed by atoms with Gasteiger partial charge in [-0.3, -0.25) is 19.3 Å². The van der Waals surface area contributed by atoms with E-state index in [0.717, 1.165) is 4.90 Å². The quantitative estimate of drug-likeness (QED) is 0.497. The first-order chi connectivity index (χ1) is 8.91. The van der Waals surface area contributed by atoms with Crippen LogP contribution in [0.25, 0.3) is 0 Å². The minimum atomic E-state index is -0.938. The van der Waals surface area contributed by atoms with Gasteiger partial charge in [0.05, 0.1) is 12.0 Å². The van der Waals surface area contributed by atoms with E-state index in [1.54, 1.807) is 0 Å². The SMILES string of the molecule is CN1C(=O)CC(NC(=O)c2cccc(O)c2O)C1=O. The van der Waals surface area contributed by atoms with Crippen LogP contribution in [0.4, 0.5) is 0 Å². The van der Waals surface area contributed by atoms with Gasteiger partial charge >= 0.3 is 0 Å². The molecule has 3 N–H and O–H groups in total. The molecule has 1 aliphatic heterocycles. The standard InChI is InChI=1S/C12H12N2O5/c1-14-9(16)5-7(12(14)19)13-11(18)6-3-2-4-8(15)10(6)17/h2-4,7,15,17H,5H2,1H3,(H,13,18). The maximum absolute atomic E-state index is 11.9. The van der Waals surface area contributed by atoms with Gasteiger partial charge < -0.3 is 15.5 Å². The molecule has 1 fully saturated rings. The number of imide groups is 1. The summed E-state index contributed by atoms with van der Waals surface area (Å²) in [7, 11) is 1.34. The molecule has 0 bridgehead atoms. The van der Waals surface area contributed by atoms with E-state index in [9.17, 15) is 24.6 Å². The van der Waals surface area contributed by atoms with Crippen LogP contribution in [0.3, 0.4) is 0 Å². The maximum atomic E-state index is 11.9. The summed E-state index contributed by atoms with van der Waals surface area (Å²) >= 11 is 0. The van der Waals surface area contributed by atoms with E-state index >= 15 is 0 Å². The van der Waals surface area contributed by atoms with E-state index in [1.165, 1.54) is 25.2 Å². The molecule has 3 amide bonds. The third-order valence-electron chi connectivity index (χ3n) is 2.95. The molecule has 1 unspecified atom stereocenters. The van der Waals surface area contributed by atoms with Crippen LogP contribution in [0.1, 0.15) is 16.8 Å². The number of hydrogen-bond donors (Lipinski definition) is 3. The average molecular weight is 264 g/mol. The van der Waals surface area contributed by atoms with E-state index < -0.39 is 29.4 Å². The van der Waals surface area contributed by atoms with Crippen LogP contribution >= 0.6 is 0 Å². The minimum absolute atomic E-state index is 0.110. The van der Waals surface area contributed by atoms with Crippen molar-refractivity contribution in [1.29, 1.82) is 0 Å². The van der Waals surface area contributed by atoms with Crippen LogP contribution in [0.15, 0.2) is 18.2 Å². The van der Waals surface area contributed by atoms with Gasteiger partial charge in [-0.25, -0.2) is 0 Å². The fraction of sp³-hybridized carbons (Fsp3) is 0.250. The topological polar surface area (TPSA) is 107 Å². The fourth-order valence-corrected chi connectivity index (χ4v) is 1.82. The Kier molecular flexibility index (Phi) is 3.12. The van der Waals surface area contributed by atoms with Crippen molar-refractivity contribution < 1.29 is 24.6 Å². The number of rotatable bonds is 2. The first-order valence-corrected chi connectivity index (χ1v) is 5.54. The molecular formula is C12H12N2O5. The van der Waals surface area contributed by atoms with Crippen LogP contribution in [-0.2, 0) is 9.59 Å². The summed E-state index contributed by atoms with van der Waals surface area (Å²) in [4.78, 5) is 35.7. The Morgan fingerprint density at radius 1 is 1.37 bits per heavy atom. The molecule has 7 nitrogen and oxygen atoms in total. The Bertz CT molecular complexity index is 569. The number of nitrogens with zero attached hydrogens (tertiary/aromatic N) is 1. The Labute approximate surface area is 108 Å². The lowest BCUT2D eigenvalue weighted by Gasteiger charge is -2.12. The number of hydrogen-bond acceptors (Lipinski definition) is 5. The summed E-state index contributed by atoms with van der Waals surface area (Å²) in [5, 5.41) is 21.2. The fourth-order valence-electron chi connectivity index (χ4n) is 1.82. The highest BCUT2D eigenvalue weighted by atomic mass is 16.3. The van der Waals surface area contributed by atoms with Crippen LogP contribution < -0.4 is 5.32 Å². The van der Waals surface area contributed by atoms with Crippen molar-refractivity contribution in [1.82, 2.24) is 10.2 Å². The largest absolute Gasteiger partial charge is 0.504 e. The molecular weight excluding hydrogens is 252 g/mol. The van der Waals surface area contributed by atoms with Crippen molar-refractivity contribution in [2.45, 2.75) is 12.5 Å². The van der Waals surface area contributed by atoms with Crippen molar-refractivity contribution in [3.63, 3.8) is 0 Å². The van der Waals surface area contributed by atoms with Gasteiger partial charge in [-0.1, -0.05) is 6.07 Å². The van der Waals surface area contributed by atoms with Gasteiger partial charge in [-0.05, 0) is 12.1 Å². The molecule has 1 atom stereocenters.